The fourth-order valence-corrected chi connectivity index (χ4v) is 3.74. The fourth-order valence-electron chi connectivity index (χ4n) is 3.56. The van der Waals surface area contributed by atoms with Crippen molar-refractivity contribution in [2.45, 2.75) is 11.8 Å². The van der Waals surface area contributed by atoms with Gasteiger partial charge in [0, 0.05) is 11.1 Å². The Bertz CT molecular complexity index is 1380. The van der Waals surface area contributed by atoms with Gasteiger partial charge in [-0.3, -0.25) is 9.59 Å². The van der Waals surface area contributed by atoms with Gasteiger partial charge in [-0.05, 0) is 48.5 Å². The third-order valence-electron chi connectivity index (χ3n) is 5.54. The van der Waals surface area contributed by atoms with Crippen LogP contribution in [0.2, 0.25) is 5.02 Å². The Balaban J connectivity index is 1.65. The van der Waals surface area contributed by atoms with Gasteiger partial charge in [0.2, 0.25) is 5.60 Å². The van der Waals surface area contributed by atoms with Crippen LogP contribution in [0.25, 0.3) is 11.3 Å². The van der Waals surface area contributed by atoms with E-state index < -0.39 is 41.6 Å². The van der Waals surface area contributed by atoms with Crippen LogP contribution in [0.1, 0.15) is 16.1 Å². The van der Waals surface area contributed by atoms with Crippen molar-refractivity contribution in [2.24, 2.45) is 0 Å². The van der Waals surface area contributed by atoms with Crippen LogP contribution in [0.5, 0.6) is 11.5 Å². The van der Waals surface area contributed by atoms with E-state index in [-0.39, 0.29) is 39.9 Å². The number of nitrogens with zero attached hydrogens (tertiary/aromatic N) is 1. The van der Waals surface area contributed by atoms with Gasteiger partial charge >= 0.3 is 6.18 Å². The molecule has 0 saturated carbocycles. The largest absolute Gasteiger partial charge is 0.494 e. The number of pyridine rings is 1. The summed E-state index contributed by atoms with van der Waals surface area (Å²) < 4.78 is 66.4. The number of hydrogen-bond donors (Lipinski definition) is 3. The monoisotopic (exact) mass is 539 g/mol. The molecule has 3 aromatic rings. The number of methoxy groups -OCH3 is 1. The van der Waals surface area contributed by atoms with E-state index in [4.69, 9.17) is 21.1 Å². The third-order valence-corrected chi connectivity index (χ3v) is 5.83. The van der Waals surface area contributed by atoms with Gasteiger partial charge in [-0.1, -0.05) is 11.6 Å². The summed E-state index contributed by atoms with van der Waals surface area (Å²) in [5.74, 6) is -1.83. The zero-order valence-electron chi connectivity index (χ0n) is 19.0. The number of anilines is 1. The number of carbonyl (C=O) groups excluding carboxylic acids is 2. The van der Waals surface area contributed by atoms with Gasteiger partial charge in [-0.25, -0.2) is 9.37 Å². The molecule has 0 saturated heterocycles. The van der Waals surface area contributed by atoms with Crippen LogP contribution < -0.4 is 20.1 Å². The van der Waals surface area contributed by atoms with E-state index in [1.54, 1.807) is 0 Å². The highest BCUT2D eigenvalue weighted by molar-refractivity contribution is 6.31. The molecule has 2 heterocycles. The molecule has 0 fully saturated rings. The lowest BCUT2D eigenvalue weighted by atomic mass is 9.96. The number of halogens is 5. The highest BCUT2D eigenvalue weighted by atomic mass is 35.5. The van der Waals surface area contributed by atoms with Crippen LogP contribution >= 0.6 is 11.6 Å². The quantitative estimate of drug-likeness (QED) is 0.408. The molecule has 2 aromatic carbocycles. The van der Waals surface area contributed by atoms with Crippen molar-refractivity contribution in [3.8, 4) is 22.8 Å². The summed E-state index contributed by atoms with van der Waals surface area (Å²) in [4.78, 5) is 28.1. The Kier molecular flexibility index (Phi) is 6.98. The summed E-state index contributed by atoms with van der Waals surface area (Å²) in [6.07, 6.45) is -5.27. The zero-order chi connectivity index (χ0) is 27.0. The predicted octanol–water partition coefficient (Wildman–Crippen LogP) is 4.06. The van der Waals surface area contributed by atoms with Gasteiger partial charge in [0.25, 0.3) is 11.8 Å². The second kappa shape index (κ2) is 9.87. The van der Waals surface area contributed by atoms with Crippen molar-refractivity contribution in [3.05, 3.63) is 70.6 Å². The van der Waals surface area contributed by atoms with Crippen molar-refractivity contribution in [3.63, 3.8) is 0 Å². The van der Waals surface area contributed by atoms with Crippen molar-refractivity contribution in [1.29, 1.82) is 0 Å². The first-order chi connectivity index (χ1) is 17.4. The molecule has 1 aliphatic rings. The smallest absolute Gasteiger partial charge is 0.424 e. The molecule has 13 heteroatoms. The number of amides is 2. The molecule has 1 aromatic heterocycles. The minimum atomic E-state index is -5.27. The van der Waals surface area contributed by atoms with Gasteiger partial charge in [-0.15, -0.1) is 0 Å². The number of alkyl halides is 3. The normalized spacial score (nSPS) is 14.6. The zero-order valence-corrected chi connectivity index (χ0v) is 19.7. The summed E-state index contributed by atoms with van der Waals surface area (Å²) in [5, 5.41) is 15.0. The van der Waals surface area contributed by atoms with Gasteiger partial charge in [0.15, 0.2) is 6.61 Å². The van der Waals surface area contributed by atoms with E-state index in [2.05, 4.69) is 15.6 Å². The van der Waals surface area contributed by atoms with E-state index in [9.17, 15) is 32.3 Å². The Labute approximate surface area is 212 Å². The second-order valence-electron chi connectivity index (χ2n) is 7.96. The average Bonchev–Trinajstić information content (AvgIpc) is 2.87. The molecule has 0 spiro atoms. The number of carbonyl (C=O) groups is 2. The summed E-state index contributed by atoms with van der Waals surface area (Å²) >= 11 is 5.81. The number of aliphatic hydroxyl groups is 1. The molecule has 2 amide bonds. The Hall–Kier alpha value is -3.90. The van der Waals surface area contributed by atoms with Crippen LogP contribution in [0.4, 0.5) is 23.2 Å². The number of benzene rings is 2. The molecular weight excluding hydrogens is 522 g/mol. The number of fused-ring (bicyclic) bond motifs is 1. The molecule has 8 nitrogen and oxygen atoms in total. The van der Waals surface area contributed by atoms with Gasteiger partial charge in [0.1, 0.15) is 23.0 Å². The third kappa shape index (κ3) is 5.16. The second-order valence-corrected chi connectivity index (χ2v) is 8.37. The maximum Gasteiger partial charge on any atom is 0.424 e. The van der Waals surface area contributed by atoms with Crippen molar-refractivity contribution in [2.75, 3.05) is 25.6 Å². The van der Waals surface area contributed by atoms with Gasteiger partial charge in [-0.2, -0.15) is 13.2 Å². The summed E-state index contributed by atoms with van der Waals surface area (Å²) in [7, 11) is 1.26. The minimum absolute atomic E-state index is 0.0401. The highest BCUT2D eigenvalue weighted by Gasteiger charge is 2.56. The SMILES string of the molecule is COc1ccc(C(O)(CNC(=O)c2ccc3c(c2)NC(=O)CO3)C(F)(F)F)nc1-c1ccc(F)c(Cl)c1. The van der Waals surface area contributed by atoms with E-state index in [1.807, 2.05) is 0 Å². The number of aromatic nitrogens is 1. The topological polar surface area (TPSA) is 110 Å². The highest BCUT2D eigenvalue weighted by Crippen LogP contribution is 2.40. The van der Waals surface area contributed by atoms with Crippen molar-refractivity contribution >= 4 is 29.1 Å². The van der Waals surface area contributed by atoms with Crippen molar-refractivity contribution < 1.29 is 41.7 Å². The van der Waals surface area contributed by atoms with E-state index in [1.165, 1.54) is 31.4 Å². The molecule has 4 rings (SSSR count). The number of hydrogen-bond acceptors (Lipinski definition) is 6. The van der Waals surface area contributed by atoms with E-state index >= 15 is 0 Å². The Morgan fingerprint density at radius 3 is 2.65 bits per heavy atom. The minimum Gasteiger partial charge on any atom is -0.494 e. The van der Waals surface area contributed by atoms with Crippen molar-refractivity contribution in [1.82, 2.24) is 10.3 Å². The molecule has 0 aliphatic carbocycles. The van der Waals surface area contributed by atoms with Gasteiger partial charge in [0.05, 0.1) is 30.1 Å². The summed E-state index contributed by atoms with van der Waals surface area (Å²) in [5.41, 5.74) is -4.37. The molecule has 37 heavy (non-hydrogen) atoms. The Morgan fingerprint density at radius 1 is 1.22 bits per heavy atom. The fraction of sp³-hybridized carbons (Fsp3) is 0.208. The standard InChI is InChI=1S/C24H18ClF4N3O5/c1-36-18-6-7-19(32-21(18)12-2-4-15(26)14(25)8-12)23(35,24(27,28)29)11-30-22(34)13-3-5-17-16(9-13)31-20(33)10-37-17/h2-9,35H,10-11H2,1H3,(H,30,34)(H,31,33). The predicted molar refractivity (Wildman–Crippen MR) is 124 cm³/mol. The van der Waals surface area contributed by atoms with Crippen LogP contribution in [0.3, 0.4) is 0 Å². The molecule has 1 atom stereocenters. The van der Waals surface area contributed by atoms with E-state index in [0.717, 1.165) is 24.3 Å². The first-order valence-electron chi connectivity index (χ1n) is 10.6. The maximum absolute atomic E-state index is 14.1. The van der Waals surface area contributed by atoms with Crippen LogP contribution in [0.15, 0.2) is 48.5 Å². The molecule has 0 radical (unpaired) electrons. The molecule has 1 unspecified atom stereocenters. The number of nitrogens with one attached hydrogen (secondary N) is 2. The first-order valence-corrected chi connectivity index (χ1v) is 11.0. The molecular formula is C24H18ClF4N3O5. The van der Waals surface area contributed by atoms with Crippen LogP contribution in [-0.4, -0.2) is 48.3 Å². The number of rotatable bonds is 6. The molecule has 194 valence electrons. The van der Waals surface area contributed by atoms with Gasteiger partial charge < -0.3 is 25.2 Å². The van der Waals surface area contributed by atoms with Crippen LogP contribution in [0, 0.1) is 5.82 Å². The molecule has 0 bridgehead atoms. The van der Waals surface area contributed by atoms with Crippen LogP contribution in [-0.2, 0) is 10.4 Å². The average molecular weight is 540 g/mol. The van der Waals surface area contributed by atoms with E-state index in [0.29, 0.717) is 5.75 Å². The lowest BCUT2D eigenvalue weighted by Crippen LogP contribution is -2.51. The lowest BCUT2D eigenvalue weighted by molar-refractivity contribution is -0.265. The molecule has 1 aliphatic heterocycles. The lowest BCUT2D eigenvalue weighted by Gasteiger charge is -2.30. The summed E-state index contributed by atoms with van der Waals surface area (Å²) in [6.45, 7) is -1.50. The first kappa shape index (κ1) is 26.2. The summed E-state index contributed by atoms with van der Waals surface area (Å²) in [6, 6.07) is 9.36. The Morgan fingerprint density at radius 2 is 1.97 bits per heavy atom. The molecule has 3 N–H and O–H groups in total. The maximum atomic E-state index is 14.1. The number of ether oxygens (including phenoxy) is 2.